The summed E-state index contributed by atoms with van der Waals surface area (Å²) in [6, 6.07) is 2.09. The van der Waals surface area contributed by atoms with E-state index in [1.54, 1.807) is 13.1 Å². The SMILES string of the molecule is CCCC(=N)N(C)S(=O)CC(C)C1=C(Cl)C=C(C#N)SC1. The van der Waals surface area contributed by atoms with E-state index in [2.05, 4.69) is 6.07 Å². The minimum Gasteiger partial charge on any atom is -0.288 e. The molecule has 0 radical (unpaired) electrons. The summed E-state index contributed by atoms with van der Waals surface area (Å²) >= 11 is 7.67. The minimum atomic E-state index is -1.23. The van der Waals surface area contributed by atoms with Crippen molar-refractivity contribution in [3.63, 3.8) is 0 Å². The van der Waals surface area contributed by atoms with Gasteiger partial charge in [0, 0.05) is 30.0 Å². The Labute approximate surface area is 138 Å². The lowest BCUT2D eigenvalue weighted by Gasteiger charge is -2.23. The second kappa shape index (κ2) is 8.62. The van der Waals surface area contributed by atoms with Crippen LogP contribution in [0.3, 0.4) is 0 Å². The van der Waals surface area contributed by atoms with E-state index < -0.39 is 11.0 Å². The third kappa shape index (κ3) is 5.17. The molecule has 0 aromatic heterocycles. The summed E-state index contributed by atoms with van der Waals surface area (Å²) in [6.07, 6.45) is 3.17. The molecule has 1 aliphatic rings. The second-order valence-corrected chi connectivity index (χ2v) is 7.81. The highest BCUT2D eigenvalue weighted by atomic mass is 35.5. The van der Waals surface area contributed by atoms with Gasteiger partial charge in [-0.3, -0.25) is 9.71 Å². The molecule has 116 valence electrons. The fourth-order valence-corrected chi connectivity index (χ4v) is 4.57. The van der Waals surface area contributed by atoms with Crippen LogP contribution in [0.2, 0.25) is 0 Å². The van der Waals surface area contributed by atoms with Crippen LogP contribution in [0.1, 0.15) is 26.7 Å². The van der Waals surface area contributed by atoms with Gasteiger partial charge in [-0.05, 0) is 24.0 Å². The number of halogens is 1. The van der Waals surface area contributed by atoms with Crippen LogP contribution in [0.25, 0.3) is 0 Å². The van der Waals surface area contributed by atoms with Crippen molar-refractivity contribution in [1.82, 2.24) is 4.31 Å². The Morgan fingerprint density at radius 3 is 2.90 bits per heavy atom. The van der Waals surface area contributed by atoms with E-state index in [-0.39, 0.29) is 5.92 Å². The average molecular weight is 346 g/mol. The predicted octanol–water partition coefficient (Wildman–Crippen LogP) is 3.64. The Balaban J connectivity index is 2.72. The lowest BCUT2D eigenvalue weighted by Crippen LogP contribution is -2.31. The topological polar surface area (TPSA) is 68.0 Å². The first kappa shape index (κ1) is 18.3. The Bertz CT molecular complexity index is 537. The highest BCUT2D eigenvalue weighted by molar-refractivity contribution is 8.03. The summed E-state index contributed by atoms with van der Waals surface area (Å²) in [5, 5.41) is 17.3. The van der Waals surface area contributed by atoms with Gasteiger partial charge in [0.1, 0.15) is 22.9 Å². The van der Waals surface area contributed by atoms with E-state index in [1.807, 2.05) is 13.8 Å². The van der Waals surface area contributed by atoms with Gasteiger partial charge >= 0.3 is 0 Å². The molecule has 1 heterocycles. The first-order valence-electron chi connectivity index (χ1n) is 6.73. The zero-order valence-electron chi connectivity index (χ0n) is 12.5. The van der Waals surface area contributed by atoms with E-state index in [4.69, 9.17) is 22.3 Å². The lowest BCUT2D eigenvalue weighted by atomic mass is 10.0. The molecule has 0 aromatic rings. The molecular weight excluding hydrogens is 326 g/mol. The third-order valence-electron chi connectivity index (χ3n) is 3.22. The largest absolute Gasteiger partial charge is 0.288 e. The van der Waals surface area contributed by atoms with Gasteiger partial charge in [-0.15, -0.1) is 11.8 Å². The van der Waals surface area contributed by atoms with Gasteiger partial charge in [-0.25, -0.2) is 4.21 Å². The molecule has 4 nitrogen and oxygen atoms in total. The van der Waals surface area contributed by atoms with E-state index in [9.17, 15) is 4.21 Å². The molecule has 1 aliphatic heterocycles. The van der Waals surface area contributed by atoms with Crippen LogP contribution in [0.15, 0.2) is 21.6 Å². The highest BCUT2D eigenvalue weighted by Gasteiger charge is 2.22. The quantitative estimate of drug-likeness (QED) is 0.590. The highest BCUT2D eigenvalue weighted by Crippen LogP contribution is 2.33. The van der Waals surface area contributed by atoms with Crippen LogP contribution < -0.4 is 0 Å². The average Bonchev–Trinajstić information content (AvgIpc) is 2.46. The van der Waals surface area contributed by atoms with Crippen LogP contribution in [-0.2, 0) is 11.0 Å². The van der Waals surface area contributed by atoms with Crippen LogP contribution in [0, 0.1) is 22.7 Å². The number of rotatable bonds is 6. The molecular formula is C14H20ClN3OS2. The normalized spacial score (nSPS) is 17.8. The summed E-state index contributed by atoms with van der Waals surface area (Å²) in [6.45, 7) is 3.98. The summed E-state index contributed by atoms with van der Waals surface area (Å²) in [7, 11) is 0.462. The zero-order valence-corrected chi connectivity index (χ0v) is 14.9. The van der Waals surface area contributed by atoms with Crippen LogP contribution in [0.4, 0.5) is 0 Å². The second-order valence-electron chi connectivity index (χ2n) is 4.87. The number of nitrogens with one attached hydrogen (secondary N) is 1. The van der Waals surface area contributed by atoms with Crippen molar-refractivity contribution in [1.29, 1.82) is 10.7 Å². The standard InChI is InChI=1S/C14H20ClN3OS2/c1-4-5-14(17)18(3)21(19)9-10(2)12-8-20-11(7-16)6-13(12)15/h6,10,17H,4-5,8-9H2,1-3H3. The smallest absolute Gasteiger partial charge is 0.121 e. The maximum Gasteiger partial charge on any atom is 0.121 e. The van der Waals surface area contributed by atoms with Crippen molar-refractivity contribution in [2.24, 2.45) is 5.92 Å². The summed E-state index contributed by atoms with van der Waals surface area (Å²) in [5.41, 5.74) is 1.02. The van der Waals surface area contributed by atoms with Gasteiger partial charge in [-0.2, -0.15) is 5.26 Å². The molecule has 0 amide bonds. The first-order chi connectivity index (χ1) is 9.90. The molecule has 2 atom stereocenters. The van der Waals surface area contributed by atoms with Crippen molar-refractivity contribution in [3.8, 4) is 6.07 Å². The number of amidine groups is 1. The van der Waals surface area contributed by atoms with Gasteiger partial charge in [0.05, 0.1) is 4.91 Å². The molecule has 0 aromatic carbocycles. The number of hydrogen-bond acceptors (Lipinski definition) is 4. The molecule has 2 unspecified atom stereocenters. The van der Waals surface area contributed by atoms with Crippen molar-refractivity contribution in [3.05, 3.63) is 21.6 Å². The van der Waals surface area contributed by atoms with Crippen molar-refractivity contribution >= 4 is 40.2 Å². The number of nitriles is 1. The molecule has 21 heavy (non-hydrogen) atoms. The maximum atomic E-state index is 12.3. The minimum absolute atomic E-state index is 0.0548. The third-order valence-corrected chi connectivity index (χ3v) is 6.16. The zero-order chi connectivity index (χ0) is 16.0. The summed E-state index contributed by atoms with van der Waals surface area (Å²) in [4.78, 5) is 0.610. The lowest BCUT2D eigenvalue weighted by molar-refractivity contribution is 0.624. The fourth-order valence-electron chi connectivity index (χ4n) is 1.86. The van der Waals surface area contributed by atoms with Gasteiger partial charge in [0.2, 0.25) is 0 Å². The molecule has 0 saturated heterocycles. The number of hydrogen-bond donors (Lipinski definition) is 1. The molecule has 1 rings (SSSR count). The van der Waals surface area contributed by atoms with Crippen molar-refractivity contribution in [2.75, 3.05) is 18.6 Å². The monoisotopic (exact) mass is 345 g/mol. The Morgan fingerprint density at radius 1 is 1.71 bits per heavy atom. The molecule has 0 aliphatic carbocycles. The van der Waals surface area contributed by atoms with Gasteiger partial charge in [-0.1, -0.05) is 25.4 Å². The van der Waals surface area contributed by atoms with Crippen LogP contribution in [0.5, 0.6) is 0 Å². The summed E-state index contributed by atoms with van der Waals surface area (Å²) < 4.78 is 13.8. The first-order valence-corrected chi connectivity index (χ1v) is 9.37. The van der Waals surface area contributed by atoms with E-state index in [0.29, 0.717) is 33.7 Å². The van der Waals surface area contributed by atoms with Crippen LogP contribution >= 0.6 is 23.4 Å². The van der Waals surface area contributed by atoms with Crippen molar-refractivity contribution in [2.45, 2.75) is 26.7 Å². The van der Waals surface area contributed by atoms with Gasteiger partial charge in [0.25, 0.3) is 0 Å². The molecule has 0 saturated carbocycles. The van der Waals surface area contributed by atoms with E-state index in [1.165, 1.54) is 16.1 Å². The number of allylic oxidation sites excluding steroid dienone is 3. The fraction of sp³-hybridized carbons (Fsp3) is 0.571. The molecule has 0 spiro atoms. The summed E-state index contributed by atoms with van der Waals surface area (Å²) in [5.74, 6) is 1.55. The molecule has 7 heteroatoms. The van der Waals surface area contributed by atoms with Crippen molar-refractivity contribution < 1.29 is 4.21 Å². The number of thioether (sulfide) groups is 1. The van der Waals surface area contributed by atoms with Gasteiger partial charge in [0.15, 0.2) is 0 Å². The number of nitrogens with zero attached hydrogens (tertiary/aromatic N) is 2. The Kier molecular flexibility index (Phi) is 7.50. The van der Waals surface area contributed by atoms with Gasteiger partial charge < -0.3 is 0 Å². The molecule has 0 fully saturated rings. The molecule has 0 bridgehead atoms. The van der Waals surface area contributed by atoms with E-state index in [0.717, 1.165) is 12.0 Å². The molecule has 1 N–H and O–H groups in total. The van der Waals surface area contributed by atoms with Crippen LogP contribution in [-0.4, -0.2) is 32.9 Å². The Hall–Kier alpha value is -0.770. The maximum absolute atomic E-state index is 12.3. The Morgan fingerprint density at radius 2 is 2.38 bits per heavy atom. The van der Waals surface area contributed by atoms with E-state index >= 15 is 0 Å². The predicted molar refractivity (Wildman–Crippen MR) is 91.6 cm³/mol.